The van der Waals surface area contributed by atoms with E-state index in [0.717, 1.165) is 34.0 Å². The van der Waals surface area contributed by atoms with Gasteiger partial charge in [0.05, 0.1) is 0 Å². The molecule has 120 valence electrons. The van der Waals surface area contributed by atoms with Gasteiger partial charge in [0.15, 0.2) is 5.16 Å². The van der Waals surface area contributed by atoms with E-state index in [0.29, 0.717) is 11.7 Å². The molecule has 1 N–H and O–H groups in total. The zero-order chi connectivity index (χ0) is 16.4. The first-order valence-corrected chi connectivity index (χ1v) is 8.75. The standard InChI is InChI=1S/C17H20N4OS/c1-4-21-16(11(2)3)19-20-17(21)23-10-12-9-15(22)18-14-8-6-5-7-13(12)14/h5-9,11H,4,10H2,1-3H3,(H,18,22). The predicted octanol–water partition coefficient (Wildman–Crippen LogP) is 3.56. The van der Waals surface area contributed by atoms with Crippen molar-refractivity contribution in [2.45, 2.75) is 44.1 Å². The van der Waals surface area contributed by atoms with Crippen molar-refractivity contribution in [2.75, 3.05) is 0 Å². The van der Waals surface area contributed by atoms with E-state index in [4.69, 9.17) is 0 Å². The number of pyridine rings is 1. The molecule has 2 heterocycles. The maximum atomic E-state index is 11.8. The van der Waals surface area contributed by atoms with Gasteiger partial charge in [-0.2, -0.15) is 0 Å². The smallest absolute Gasteiger partial charge is 0.248 e. The Bertz CT molecular complexity index is 882. The molecule has 0 bridgehead atoms. The van der Waals surface area contributed by atoms with Crippen LogP contribution >= 0.6 is 11.8 Å². The van der Waals surface area contributed by atoms with Crippen molar-refractivity contribution in [1.29, 1.82) is 0 Å². The number of rotatable bonds is 5. The van der Waals surface area contributed by atoms with Gasteiger partial charge < -0.3 is 9.55 Å². The Kier molecular flexibility index (Phi) is 4.52. The molecule has 23 heavy (non-hydrogen) atoms. The Balaban J connectivity index is 1.91. The zero-order valence-electron chi connectivity index (χ0n) is 13.5. The van der Waals surface area contributed by atoms with E-state index < -0.39 is 0 Å². The summed E-state index contributed by atoms with van der Waals surface area (Å²) < 4.78 is 2.14. The summed E-state index contributed by atoms with van der Waals surface area (Å²) in [5, 5.41) is 10.6. The lowest BCUT2D eigenvalue weighted by atomic mass is 10.1. The van der Waals surface area contributed by atoms with Gasteiger partial charge in [-0.25, -0.2) is 0 Å². The molecule has 3 rings (SSSR count). The molecular weight excluding hydrogens is 308 g/mol. The largest absolute Gasteiger partial charge is 0.322 e. The molecule has 0 aliphatic heterocycles. The van der Waals surface area contributed by atoms with E-state index in [-0.39, 0.29) is 5.56 Å². The fourth-order valence-electron chi connectivity index (χ4n) is 2.67. The number of hydrogen-bond donors (Lipinski definition) is 1. The topological polar surface area (TPSA) is 63.6 Å². The zero-order valence-corrected chi connectivity index (χ0v) is 14.4. The molecule has 0 saturated heterocycles. The summed E-state index contributed by atoms with van der Waals surface area (Å²) in [5.74, 6) is 2.05. The Morgan fingerprint density at radius 2 is 2.04 bits per heavy atom. The lowest BCUT2D eigenvalue weighted by Gasteiger charge is -2.10. The van der Waals surface area contributed by atoms with Crippen LogP contribution in [0.15, 0.2) is 40.3 Å². The second kappa shape index (κ2) is 6.58. The molecule has 1 aromatic carbocycles. The molecule has 0 aliphatic carbocycles. The Hall–Kier alpha value is -2.08. The predicted molar refractivity (Wildman–Crippen MR) is 93.9 cm³/mol. The van der Waals surface area contributed by atoms with Crippen LogP contribution in [0.1, 0.15) is 38.1 Å². The van der Waals surface area contributed by atoms with Gasteiger partial charge in [-0.15, -0.1) is 10.2 Å². The van der Waals surface area contributed by atoms with Crippen molar-refractivity contribution in [3.63, 3.8) is 0 Å². The minimum atomic E-state index is -0.0703. The summed E-state index contributed by atoms with van der Waals surface area (Å²) in [6.45, 7) is 7.19. The van der Waals surface area contributed by atoms with Gasteiger partial charge in [0.2, 0.25) is 5.56 Å². The minimum Gasteiger partial charge on any atom is -0.322 e. The molecule has 0 amide bonds. The highest BCUT2D eigenvalue weighted by Crippen LogP contribution is 2.26. The highest BCUT2D eigenvalue weighted by molar-refractivity contribution is 7.98. The number of nitrogens with one attached hydrogen (secondary N) is 1. The molecule has 0 fully saturated rings. The van der Waals surface area contributed by atoms with E-state index in [1.807, 2.05) is 24.3 Å². The number of fused-ring (bicyclic) bond motifs is 1. The monoisotopic (exact) mass is 328 g/mol. The average Bonchev–Trinajstić information content (AvgIpc) is 2.95. The second-order valence-corrected chi connectivity index (χ2v) is 6.68. The van der Waals surface area contributed by atoms with Crippen molar-refractivity contribution in [2.24, 2.45) is 0 Å². The van der Waals surface area contributed by atoms with Gasteiger partial charge in [-0.05, 0) is 18.6 Å². The maximum absolute atomic E-state index is 11.8. The van der Waals surface area contributed by atoms with Crippen LogP contribution in [0.5, 0.6) is 0 Å². The van der Waals surface area contributed by atoms with Crippen LogP contribution in [0.4, 0.5) is 0 Å². The number of aromatic nitrogens is 4. The van der Waals surface area contributed by atoms with E-state index in [2.05, 4.69) is 40.5 Å². The SMILES string of the molecule is CCn1c(SCc2cc(=O)[nH]c3ccccc23)nnc1C(C)C. The van der Waals surface area contributed by atoms with Crippen molar-refractivity contribution in [1.82, 2.24) is 19.7 Å². The van der Waals surface area contributed by atoms with Crippen LogP contribution < -0.4 is 5.56 Å². The summed E-state index contributed by atoms with van der Waals surface area (Å²) in [4.78, 5) is 14.7. The van der Waals surface area contributed by atoms with E-state index in [1.54, 1.807) is 17.8 Å². The van der Waals surface area contributed by atoms with Crippen molar-refractivity contribution < 1.29 is 0 Å². The molecule has 2 aromatic heterocycles. The molecular formula is C17H20N4OS. The molecule has 3 aromatic rings. The van der Waals surface area contributed by atoms with Crippen molar-refractivity contribution >= 4 is 22.7 Å². The van der Waals surface area contributed by atoms with Crippen LogP contribution in [-0.2, 0) is 12.3 Å². The minimum absolute atomic E-state index is 0.0703. The summed E-state index contributed by atoms with van der Waals surface area (Å²) >= 11 is 1.62. The van der Waals surface area contributed by atoms with Crippen LogP contribution in [0.25, 0.3) is 10.9 Å². The first-order chi connectivity index (χ1) is 11.1. The fourth-order valence-corrected chi connectivity index (χ4v) is 3.67. The van der Waals surface area contributed by atoms with E-state index in [9.17, 15) is 4.79 Å². The normalized spacial score (nSPS) is 11.5. The number of aromatic amines is 1. The molecule has 0 radical (unpaired) electrons. The Morgan fingerprint density at radius 1 is 1.26 bits per heavy atom. The Morgan fingerprint density at radius 3 is 2.78 bits per heavy atom. The van der Waals surface area contributed by atoms with Gasteiger partial charge in [-0.1, -0.05) is 43.8 Å². The molecule has 5 nitrogen and oxygen atoms in total. The van der Waals surface area contributed by atoms with E-state index >= 15 is 0 Å². The lowest BCUT2D eigenvalue weighted by molar-refractivity contribution is 0.613. The summed E-state index contributed by atoms with van der Waals surface area (Å²) in [6.07, 6.45) is 0. The number of H-pyrrole nitrogens is 1. The van der Waals surface area contributed by atoms with E-state index in [1.165, 1.54) is 0 Å². The summed E-state index contributed by atoms with van der Waals surface area (Å²) in [5.41, 5.74) is 1.82. The molecule has 0 spiro atoms. The summed E-state index contributed by atoms with van der Waals surface area (Å²) in [7, 11) is 0. The molecule has 0 unspecified atom stereocenters. The molecule has 0 atom stereocenters. The van der Waals surface area contributed by atoms with Crippen LogP contribution in [0.3, 0.4) is 0 Å². The van der Waals surface area contributed by atoms with Crippen molar-refractivity contribution in [3.05, 3.63) is 52.1 Å². The quantitative estimate of drug-likeness (QED) is 0.728. The lowest BCUT2D eigenvalue weighted by Crippen LogP contribution is -2.07. The van der Waals surface area contributed by atoms with Gasteiger partial charge in [0.1, 0.15) is 5.82 Å². The first kappa shape index (κ1) is 15.8. The van der Waals surface area contributed by atoms with Crippen LogP contribution in [0, 0.1) is 0 Å². The van der Waals surface area contributed by atoms with Gasteiger partial charge >= 0.3 is 0 Å². The molecule has 6 heteroatoms. The van der Waals surface area contributed by atoms with Gasteiger partial charge in [0, 0.05) is 35.2 Å². The van der Waals surface area contributed by atoms with Crippen molar-refractivity contribution in [3.8, 4) is 0 Å². The number of nitrogens with zero attached hydrogens (tertiary/aromatic N) is 3. The fraction of sp³-hybridized carbons (Fsp3) is 0.353. The third-order valence-electron chi connectivity index (χ3n) is 3.77. The third-order valence-corrected chi connectivity index (χ3v) is 4.79. The second-order valence-electron chi connectivity index (χ2n) is 5.73. The van der Waals surface area contributed by atoms with Gasteiger partial charge in [0.25, 0.3) is 0 Å². The highest BCUT2D eigenvalue weighted by Gasteiger charge is 2.14. The Labute approximate surface area is 139 Å². The first-order valence-electron chi connectivity index (χ1n) is 7.77. The highest BCUT2D eigenvalue weighted by atomic mass is 32.2. The van der Waals surface area contributed by atoms with Crippen LogP contribution in [0.2, 0.25) is 0 Å². The maximum Gasteiger partial charge on any atom is 0.248 e. The van der Waals surface area contributed by atoms with Gasteiger partial charge in [-0.3, -0.25) is 4.79 Å². The average molecular weight is 328 g/mol. The molecule has 0 aliphatic rings. The number of thioether (sulfide) groups is 1. The number of hydrogen-bond acceptors (Lipinski definition) is 4. The van der Waals surface area contributed by atoms with Crippen LogP contribution in [-0.4, -0.2) is 19.7 Å². The number of benzene rings is 1. The molecule has 0 saturated carbocycles. The summed E-state index contributed by atoms with van der Waals surface area (Å²) in [6, 6.07) is 9.55. The third kappa shape index (κ3) is 3.17. The number of para-hydroxylation sites is 1.